The Kier molecular flexibility index (Phi) is 3.17. The van der Waals surface area contributed by atoms with E-state index >= 15 is 0 Å². The van der Waals surface area contributed by atoms with Crippen LogP contribution in [0.1, 0.15) is 12.5 Å². The maximum atomic E-state index is 13.2. The summed E-state index contributed by atoms with van der Waals surface area (Å²) in [6.07, 6.45) is -1.35. The van der Waals surface area contributed by atoms with E-state index in [0.29, 0.717) is 12.1 Å². The number of aromatic nitrogens is 6. The molecular formula is C15H11F3N6O. The monoisotopic (exact) mass is 348 g/mol. The second-order valence-electron chi connectivity index (χ2n) is 5.41. The van der Waals surface area contributed by atoms with Crippen LogP contribution in [-0.4, -0.2) is 29.4 Å². The number of nitrogens with one attached hydrogen (secondary N) is 1. The molecule has 0 aliphatic heterocycles. The number of nitrogens with zero attached hydrogens (tertiary/aromatic N) is 5. The fraction of sp³-hybridized carbons (Fsp3) is 0.200. The van der Waals surface area contributed by atoms with Crippen molar-refractivity contribution in [3.8, 4) is 11.4 Å². The van der Waals surface area contributed by atoms with E-state index < -0.39 is 17.4 Å². The van der Waals surface area contributed by atoms with Crippen LogP contribution in [0.5, 0.6) is 0 Å². The molecule has 7 nitrogen and oxygen atoms in total. The molecule has 0 atom stereocenters. The summed E-state index contributed by atoms with van der Waals surface area (Å²) in [7, 11) is 0. The highest BCUT2D eigenvalue weighted by Gasteiger charge is 2.33. The summed E-state index contributed by atoms with van der Waals surface area (Å²) in [6.45, 7) is 2.55. The smallest absolute Gasteiger partial charge is 0.305 e. The fourth-order valence-corrected chi connectivity index (χ4v) is 2.67. The molecule has 3 aromatic heterocycles. The Balaban J connectivity index is 2.03. The van der Waals surface area contributed by atoms with Gasteiger partial charge in [0.2, 0.25) is 0 Å². The number of aryl methyl sites for hydroxylation is 1. The molecule has 1 aromatic carbocycles. The van der Waals surface area contributed by atoms with Crippen LogP contribution in [-0.2, 0) is 12.7 Å². The summed E-state index contributed by atoms with van der Waals surface area (Å²) < 4.78 is 42.2. The Morgan fingerprint density at radius 3 is 2.76 bits per heavy atom. The third-order valence-electron chi connectivity index (χ3n) is 3.86. The van der Waals surface area contributed by atoms with Crippen molar-refractivity contribution in [2.45, 2.75) is 19.6 Å². The molecule has 4 rings (SSSR count). The Hall–Kier alpha value is -3.17. The van der Waals surface area contributed by atoms with Crippen LogP contribution >= 0.6 is 0 Å². The zero-order valence-corrected chi connectivity index (χ0v) is 12.9. The van der Waals surface area contributed by atoms with Crippen LogP contribution in [0, 0.1) is 0 Å². The van der Waals surface area contributed by atoms with Crippen LogP contribution in [0.4, 0.5) is 13.2 Å². The lowest BCUT2D eigenvalue weighted by molar-refractivity contribution is -0.136. The van der Waals surface area contributed by atoms with Gasteiger partial charge < -0.3 is 4.98 Å². The Morgan fingerprint density at radius 1 is 1.28 bits per heavy atom. The van der Waals surface area contributed by atoms with E-state index in [0.717, 1.165) is 10.6 Å². The third-order valence-corrected chi connectivity index (χ3v) is 3.86. The van der Waals surface area contributed by atoms with Crippen molar-refractivity contribution < 1.29 is 13.2 Å². The molecule has 0 bridgehead atoms. The van der Waals surface area contributed by atoms with Gasteiger partial charge in [0.1, 0.15) is 0 Å². The van der Waals surface area contributed by atoms with E-state index in [1.54, 1.807) is 10.9 Å². The molecule has 0 saturated carbocycles. The van der Waals surface area contributed by atoms with Gasteiger partial charge in [0.05, 0.1) is 22.8 Å². The minimum atomic E-state index is -4.59. The van der Waals surface area contributed by atoms with Gasteiger partial charge in [0.15, 0.2) is 11.5 Å². The standard InChI is InChI=1S/C15H11F3N6O/c1-2-23-7-8(6-19-23)12-21-13-9-4-3-5-10(15(16,17)18)11(9)20-14(25)24(13)22-12/h3-7H,2H2,1H3,(H,20,25). The third kappa shape index (κ3) is 2.37. The summed E-state index contributed by atoms with van der Waals surface area (Å²) in [5, 5.41) is 8.37. The number of halogens is 3. The highest BCUT2D eigenvalue weighted by atomic mass is 19.4. The first kappa shape index (κ1) is 15.4. The minimum Gasteiger partial charge on any atom is -0.305 e. The predicted molar refractivity (Wildman–Crippen MR) is 83.0 cm³/mol. The highest BCUT2D eigenvalue weighted by Crippen LogP contribution is 2.34. The Bertz CT molecular complexity index is 1150. The quantitative estimate of drug-likeness (QED) is 0.603. The molecule has 0 amide bonds. The van der Waals surface area contributed by atoms with Crippen LogP contribution in [0.3, 0.4) is 0 Å². The van der Waals surface area contributed by atoms with Gasteiger partial charge in [-0.2, -0.15) is 22.8 Å². The Morgan fingerprint density at radius 2 is 2.08 bits per heavy atom. The molecular weight excluding hydrogens is 337 g/mol. The number of hydrogen-bond acceptors (Lipinski definition) is 4. The molecule has 1 N–H and O–H groups in total. The highest BCUT2D eigenvalue weighted by molar-refractivity contribution is 5.93. The zero-order valence-electron chi connectivity index (χ0n) is 12.9. The lowest BCUT2D eigenvalue weighted by atomic mass is 10.1. The van der Waals surface area contributed by atoms with Gasteiger partial charge in [-0.15, -0.1) is 5.10 Å². The predicted octanol–water partition coefficient (Wildman–Crippen LogP) is 2.47. The van der Waals surface area contributed by atoms with Crippen LogP contribution in [0.2, 0.25) is 0 Å². The molecule has 0 fully saturated rings. The van der Waals surface area contributed by atoms with Crippen LogP contribution in [0.15, 0.2) is 35.4 Å². The average molecular weight is 348 g/mol. The molecule has 0 radical (unpaired) electrons. The second kappa shape index (κ2) is 5.16. The zero-order chi connectivity index (χ0) is 17.8. The number of rotatable bonds is 2. The SMILES string of the molecule is CCn1cc(-c2nc3c4cccc(C(F)(F)F)c4[nH]c(=O)n3n2)cn1. The molecule has 0 spiro atoms. The van der Waals surface area contributed by atoms with Crippen molar-refractivity contribution in [2.75, 3.05) is 0 Å². The molecule has 3 heterocycles. The summed E-state index contributed by atoms with van der Waals surface area (Å²) in [6, 6.07) is 3.65. The molecule has 10 heteroatoms. The second-order valence-corrected chi connectivity index (χ2v) is 5.41. The van der Waals surface area contributed by atoms with Gasteiger partial charge in [-0.25, -0.2) is 9.78 Å². The van der Waals surface area contributed by atoms with Crippen molar-refractivity contribution in [3.05, 3.63) is 46.6 Å². The van der Waals surface area contributed by atoms with Gasteiger partial charge in [-0.05, 0) is 19.1 Å². The van der Waals surface area contributed by atoms with E-state index in [1.165, 1.54) is 18.3 Å². The molecule has 0 aliphatic carbocycles. The van der Waals surface area contributed by atoms with Crippen LogP contribution < -0.4 is 5.69 Å². The number of hydrogen-bond donors (Lipinski definition) is 1. The van der Waals surface area contributed by atoms with Gasteiger partial charge >= 0.3 is 11.9 Å². The largest absolute Gasteiger partial charge is 0.418 e. The van der Waals surface area contributed by atoms with Crippen molar-refractivity contribution in [2.24, 2.45) is 0 Å². The summed E-state index contributed by atoms with van der Waals surface area (Å²) in [4.78, 5) is 18.7. The fourth-order valence-electron chi connectivity index (χ4n) is 2.67. The van der Waals surface area contributed by atoms with Crippen molar-refractivity contribution in [3.63, 3.8) is 0 Å². The van der Waals surface area contributed by atoms with E-state index in [4.69, 9.17) is 0 Å². The average Bonchev–Trinajstić information content (AvgIpc) is 3.20. The first-order chi connectivity index (χ1) is 11.9. The lowest BCUT2D eigenvalue weighted by Gasteiger charge is -2.09. The number of fused-ring (bicyclic) bond motifs is 3. The summed E-state index contributed by atoms with van der Waals surface area (Å²) in [5.41, 5.74) is -1.39. The number of alkyl halides is 3. The van der Waals surface area contributed by atoms with Crippen molar-refractivity contribution >= 4 is 16.6 Å². The van der Waals surface area contributed by atoms with E-state index in [9.17, 15) is 18.0 Å². The molecule has 128 valence electrons. The molecule has 4 aromatic rings. The number of H-pyrrole nitrogens is 1. The van der Waals surface area contributed by atoms with Crippen molar-refractivity contribution in [1.82, 2.24) is 29.4 Å². The minimum absolute atomic E-state index is 0.0594. The Labute approximate surface area is 137 Å². The molecule has 0 saturated heterocycles. The topological polar surface area (TPSA) is 80.9 Å². The van der Waals surface area contributed by atoms with E-state index in [2.05, 4.69) is 20.2 Å². The molecule has 0 unspecified atom stereocenters. The van der Waals surface area contributed by atoms with Gasteiger partial charge in [-0.1, -0.05) is 6.07 Å². The van der Waals surface area contributed by atoms with Gasteiger partial charge in [-0.3, -0.25) is 4.68 Å². The maximum Gasteiger partial charge on any atom is 0.418 e. The molecule has 25 heavy (non-hydrogen) atoms. The lowest BCUT2D eigenvalue weighted by Crippen LogP contribution is -2.19. The normalized spacial score (nSPS) is 12.3. The first-order valence-corrected chi connectivity index (χ1v) is 7.40. The first-order valence-electron chi connectivity index (χ1n) is 7.40. The van der Waals surface area contributed by atoms with Gasteiger partial charge in [0.25, 0.3) is 0 Å². The van der Waals surface area contributed by atoms with Gasteiger partial charge in [0, 0.05) is 18.1 Å². The summed E-state index contributed by atoms with van der Waals surface area (Å²) in [5.74, 6) is 0.218. The maximum absolute atomic E-state index is 13.2. The number of para-hydroxylation sites is 1. The van der Waals surface area contributed by atoms with E-state index in [-0.39, 0.29) is 22.4 Å². The van der Waals surface area contributed by atoms with Crippen molar-refractivity contribution in [1.29, 1.82) is 0 Å². The number of aromatic amines is 1. The summed E-state index contributed by atoms with van der Waals surface area (Å²) >= 11 is 0. The molecule has 0 aliphatic rings. The number of benzene rings is 1. The van der Waals surface area contributed by atoms with Crippen LogP contribution in [0.25, 0.3) is 27.9 Å². The van der Waals surface area contributed by atoms with E-state index in [1.807, 2.05) is 6.92 Å².